The average Bonchev–Trinajstić information content (AvgIpc) is 3.27. The van der Waals surface area contributed by atoms with Crippen LogP contribution in [0, 0.1) is 0 Å². The predicted molar refractivity (Wildman–Crippen MR) is 175 cm³/mol. The van der Waals surface area contributed by atoms with E-state index in [-0.39, 0.29) is 5.41 Å². The van der Waals surface area contributed by atoms with Crippen molar-refractivity contribution < 1.29 is 4.74 Å². The van der Waals surface area contributed by atoms with E-state index in [9.17, 15) is 0 Å². The first-order valence-corrected chi connectivity index (χ1v) is 14.7. The smallest absolute Gasteiger partial charge is 0.135 e. The van der Waals surface area contributed by atoms with Gasteiger partial charge in [-0.25, -0.2) is 0 Å². The van der Waals surface area contributed by atoms with Gasteiger partial charge < -0.3 is 4.74 Å². The maximum atomic E-state index is 6.52. The van der Waals surface area contributed by atoms with Crippen molar-refractivity contribution in [2.45, 2.75) is 19.3 Å². The van der Waals surface area contributed by atoms with E-state index in [1.807, 2.05) is 0 Å². The highest BCUT2D eigenvalue weighted by molar-refractivity contribution is 6.10. The molecule has 0 spiro atoms. The normalized spacial score (nSPS) is 13.9. The summed E-state index contributed by atoms with van der Waals surface area (Å²) in [5, 5.41) is 5.03. The van der Waals surface area contributed by atoms with Crippen LogP contribution in [0.4, 0.5) is 0 Å². The van der Waals surface area contributed by atoms with Crippen LogP contribution in [-0.2, 0) is 5.41 Å². The van der Waals surface area contributed by atoms with E-state index in [0.29, 0.717) is 0 Å². The van der Waals surface area contributed by atoms with Crippen molar-refractivity contribution in [1.82, 2.24) is 0 Å². The molecular weight excluding hydrogens is 508 g/mol. The van der Waals surface area contributed by atoms with Gasteiger partial charge in [-0.2, -0.15) is 0 Å². The molecule has 1 nitrogen and oxygen atoms in total. The van der Waals surface area contributed by atoms with Gasteiger partial charge >= 0.3 is 0 Å². The van der Waals surface area contributed by atoms with Gasteiger partial charge in [0.15, 0.2) is 0 Å². The van der Waals surface area contributed by atoms with Gasteiger partial charge in [0.25, 0.3) is 0 Å². The molecule has 0 saturated heterocycles. The molecule has 0 fully saturated rings. The van der Waals surface area contributed by atoms with E-state index in [1.165, 1.54) is 71.6 Å². The van der Waals surface area contributed by atoms with Gasteiger partial charge in [-0.15, -0.1) is 0 Å². The lowest BCUT2D eigenvalue weighted by molar-refractivity contribution is 0.487. The van der Waals surface area contributed by atoms with Gasteiger partial charge in [0.05, 0.1) is 0 Å². The molecule has 0 amide bonds. The summed E-state index contributed by atoms with van der Waals surface area (Å²) in [5.41, 5.74) is 12.7. The zero-order valence-corrected chi connectivity index (χ0v) is 23.6. The molecule has 9 rings (SSSR count). The van der Waals surface area contributed by atoms with Crippen molar-refractivity contribution in [1.29, 1.82) is 0 Å². The Morgan fingerprint density at radius 3 is 2.10 bits per heavy atom. The third-order valence-electron chi connectivity index (χ3n) is 9.47. The molecule has 198 valence electrons. The van der Waals surface area contributed by atoms with E-state index in [0.717, 1.165) is 17.1 Å². The van der Waals surface area contributed by atoms with Gasteiger partial charge in [-0.1, -0.05) is 123 Å². The monoisotopic (exact) mass is 536 g/mol. The summed E-state index contributed by atoms with van der Waals surface area (Å²) < 4.78 is 6.52. The molecule has 0 saturated carbocycles. The Morgan fingerprint density at radius 2 is 1.19 bits per heavy atom. The topological polar surface area (TPSA) is 9.23 Å². The second-order valence-electron chi connectivity index (χ2n) is 12.1. The second kappa shape index (κ2) is 8.44. The number of fused-ring (bicyclic) bond motifs is 7. The lowest BCUT2D eigenvalue weighted by Gasteiger charge is -2.24. The van der Waals surface area contributed by atoms with Crippen molar-refractivity contribution in [3.63, 3.8) is 0 Å². The molecule has 7 aromatic carbocycles. The van der Waals surface area contributed by atoms with Crippen molar-refractivity contribution in [2.24, 2.45) is 0 Å². The van der Waals surface area contributed by atoms with Gasteiger partial charge in [0.2, 0.25) is 0 Å². The van der Waals surface area contributed by atoms with Gasteiger partial charge in [-0.3, -0.25) is 0 Å². The molecule has 0 atom stereocenters. The fourth-order valence-electron chi connectivity index (χ4n) is 7.37. The third kappa shape index (κ3) is 3.19. The Labute approximate surface area is 245 Å². The van der Waals surface area contributed by atoms with Crippen molar-refractivity contribution in [3.05, 3.63) is 145 Å². The van der Waals surface area contributed by atoms with Crippen LogP contribution >= 0.6 is 0 Å². The van der Waals surface area contributed by atoms with Crippen LogP contribution < -0.4 is 4.74 Å². The summed E-state index contributed by atoms with van der Waals surface area (Å²) in [6.45, 7) is 4.72. The summed E-state index contributed by atoms with van der Waals surface area (Å²) >= 11 is 0. The van der Waals surface area contributed by atoms with E-state index in [2.05, 4.69) is 147 Å². The molecule has 7 aromatic rings. The number of hydrogen-bond acceptors (Lipinski definition) is 1. The summed E-state index contributed by atoms with van der Waals surface area (Å²) in [4.78, 5) is 0. The fraction of sp³-hybridized carbons (Fsp3) is 0.0732. The SMILES string of the molecule is CC1(C)c2cc(-c3ccc4c(c3)-c3cccc5c(-c6ccccc6)ccc(c35)O4)ccc2-c2c1ccc1ccccc21. The van der Waals surface area contributed by atoms with Crippen LogP contribution in [0.2, 0.25) is 0 Å². The Bertz CT molecular complexity index is 2240. The molecule has 1 heteroatoms. The molecule has 1 heterocycles. The van der Waals surface area contributed by atoms with Crippen LogP contribution in [0.1, 0.15) is 25.0 Å². The summed E-state index contributed by atoms with van der Waals surface area (Å²) in [6.07, 6.45) is 0. The molecule has 0 bridgehead atoms. The quantitative estimate of drug-likeness (QED) is 0.213. The minimum absolute atomic E-state index is 0.0690. The van der Waals surface area contributed by atoms with Crippen LogP contribution in [0.3, 0.4) is 0 Å². The molecular formula is C41H28O. The van der Waals surface area contributed by atoms with Crippen molar-refractivity contribution in [2.75, 3.05) is 0 Å². The van der Waals surface area contributed by atoms with Crippen LogP contribution in [-0.4, -0.2) is 0 Å². The molecule has 42 heavy (non-hydrogen) atoms. The van der Waals surface area contributed by atoms with E-state index < -0.39 is 0 Å². The minimum Gasteiger partial charge on any atom is -0.456 e. The summed E-state index contributed by atoms with van der Waals surface area (Å²) in [6, 6.07) is 48.6. The zero-order valence-electron chi connectivity index (χ0n) is 23.6. The predicted octanol–water partition coefficient (Wildman–Crippen LogP) is 11.4. The largest absolute Gasteiger partial charge is 0.456 e. The Kier molecular flexibility index (Phi) is 4.73. The molecule has 1 aliphatic heterocycles. The van der Waals surface area contributed by atoms with E-state index >= 15 is 0 Å². The summed E-state index contributed by atoms with van der Waals surface area (Å²) in [7, 11) is 0. The minimum atomic E-state index is -0.0690. The lowest BCUT2D eigenvalue weighted by atomic mass is 9.81. The van der Waals surface area contributed by atoms with Crippen LogP contribution in [0.25, 0.3) is 66.1 Å². The zero-order chi connectivity index (χ0) is 28.0. The Morgan fingerprint density at radius 1 is 0.452 bits per heavy atom. The number of hydrogen-bond donors (Lipinski definition) is 0. The fourth-order valence-corrected chi connectivity index (χ4v) is 7.37. The molecule has 0 aromatic heterocycles. The maximum Gasteiger partial charge on any atom is 0.135 e. The average molecular weight is 537 g/mol. The van der Waals surface area contributed by atoms with Crippen molar-refractivity contribution >= 4 is 21.5 Å². The number of ether oxygens (including phenoxy) is 1. The first-order chi connectivity index (χ1) is 20.6. The first-order valence-electron chi connectivity index (χ1n) is 14.7. The highest BCUT2D eigenvalue weighted by Gasteiger charge is 2.36. The first kappa shape index (κ1) is 23.6. The molecule has 0 N–H and O–H groups in total. The van der Waals surface area contributed by atoms with Gasteiger partial charge in [0, 0.05) is 16.4 Å². The van der Waals surface area contributed by atoms with E-state index in [1.54, 1.807) is 0 Å². The van der Waals surface area contributed by atoms with Gasteiger partial charge in [0.1, 0.15) is 11.5 Å². The maximum absolute atomic E-state index is 6.52. The molecule has 0 unspecified atom stereocenters. The second-order valence-corrected chi connectivity index (χ2v) is 12.1. The lowest BCUT2D eigenvalue weighted by Crippen LogP contribution is -2.15. The van der Waals surface area contributed by atoms with Crippen LogP contribution in [0.5, 0.6) is 11.5 Å². The Hall–Kier alpha value is -5.14. The Balaban J connectivity index is 1.20. The molecule has 2 aliphatic rings. The van der Waals surface area contributed by atoms with Gasteiger partial charge in [-0.05, 0) is 90.5 Å². The van der Waals surface area contributed by atoms with Crippen LogP contribution in [0.15, 0.2) is 133 Å². The molecule has 1 aliphatic carbocycles. The number of rotatable bonds is 2. The number of benzene rings is 7. The standard InChI is InChI=1S/C41H28O/c1-41(2)35-20-16-26-11-6-7-12-30(26)39(35)33-18-15-28(24-36(33)41)27-17-21-37-34(23-27)32-14-8-13-31-29(25-9-4-3-5-10-25)19-22-38(42-37)40(31)32/h3-24H,1-2H3. The van der Waals surface area contributed by atoms with E-state index in [4.69, 9.17) is 4.74 Å². The van der Waals surface area contributed by atoms with Crippen molar-refractivity contribution in [3.8, 4) is 56.0 Å². The third-order valence-corrected chi connectivity index (χ3v) is 9.47. The summed E-state index contributed by atoms with van der Waals surface area (Å²) in [5.74, 6) is 1.83. The highest BCUT2D eigenvalue weighted by Crippen LogP contribution is 2.53. The molecule has 0 radical (unpaired) electrons. The highest BCUT2D eigenvalue weighted by atomic mass is 16.5.